The van der Waals surface area contributed by atoms with Crippen LogP contribution in [0, 0.1) is 13.8 Å². The van der Waals surface area contributed by atoms with Crippen LogP contribution in [0.5, 0.6) is 5.75 Å². The number of benzene rings is 1. The zero-order chi connectivity index (χ0) is 20.2. The standard InChI is InChI=1S/C23H26N2O4.ClH/c1-16-17(2)25(11-12-26-3)23-19(9-10-24-22(16)23)29-20(21-14-27-15-28-21)13-18-7-5-4-6-8-18;/h4-10,14,20H,11-13,15H2,1-3H3;1H. The van der Waals surface area contributed by atoms with Crippen molar-refractivity contribution in [3.05, 3.63) is 71.4 Å². The second kappa shape index (κ2) is 9.87. The first-order valence-electron chi connectivity index (χ1n) is 9.77. The van der Waals surface area contributed by atoms with Gasteiger partial charge < -0.3 is 23.5 Å². The van der Waals surface area contributed by atoms with Gasteiger partial charge in [-0.15, -0.1) is 12.4 Å². The summed E-state index contributed by atoms with van der Waals surface area (Å²) < 4.78 is 25.0. The van der Waals surface area contributed by atoms with Gasteiger partial charge in [0.05, 0.1) is 12.1 Å². The van der Waals surface area contributed by atoms with E-state index in [-0.39, 0.29) is 25.3 Å². The van der Waals surface area contributed by atoms with Gasteiger partial charge in [0.1, 0.15) is 17.5 Å². The molecule has 2 aromatic heterocycles. The second-order valence-electron chi connectivity index (χ2n) is 7.11. The highest BCUT2D eigenvalue weighted by atomic mass is 35.5. The maximum Gasteiger partial charge on any atom is 0.230 e. The maximum atomic E-state index is 6.53. The third-order valence-corrected chi connectivity index (χ3v) is 5.32. The molecule has 0 aliphatic carbocycles. The second-order valence-corrected chi connectivity index (χ2v) is 7.11. The Morgan fingerprint density at radius 2 is 1.97 bits per heavy atom. The number of ether oxygens (including phenoxy) is 4. The predicted octanol–water partition coefficient (Wildman–Crippen LogP) is 4.56. The first-order chi connectivity index (χ1) is 14.2. The minimum atomic E-state index is -0.295. The summed E-state index contributed by atoms with van der Waals surface area (Å²) in [4.78, 5) is 4.61. The average Bonchev–Trinajstić information content (AvgIpc) is 3.36. The number of aryl methyl sites for hydroxylation is 1. The largest absolute Gasteiger partial charge is 0.480 e. The first-order valence-corrected chi connectivity index (χ1v) is 9.77. The van der Waals surface area contributed by atoms with Crippen LogP contribution in [-0.4, -0.2) is 36.2 Å². The maximum absolute atomic E-state index is 6.53. The number of hydrogen-bond acceptors (Lipinski definition) is 5. The van der Waals surface area contributed by atoms with Crippen molar-refractivity contribution in [3.63, 3.8) is 0 Å². The highest BCUT2D eigenvalue weighted by Gasteiger charge is 2.25. The summed E-state index contributed by atoms with van der Waals surface area (Å²) in [6.45, 7) is 5.77. The molecule has 1 aliphatic heterocycles. The number of pyridine rings is 1. The number of rotatable bonds is 8. The Bertz CT molecular complexity index is 1020. The molecule has 1 atom stereocenters. The van der Waals surface area contributed by atoms with Gasteiger partial charge in [-0.05, 0) is 25.0 Å². The molecule has 7 heteroatoms. The quantitative estimate of drug-likeness (QED) is 0.524. The molecule has 4 rings (SSSR count). The minimum Gasteiger partial charge on any atom is -0.480 e. The molecule has 3 aromatic rings. The molecular weight excluding hydrogens is 404 g/mol. The Kier molecular flexibility index (Phi) is 7.24. The van der Waals surface area contributed by atoms with Gasteiger partial charge >= 0.3 is 0 Å². The molecule has 30 heavy (non-hydrogen) atoms. The van der Waals surface area contributed by atoms with Gasteiger partial charge in [-0.3, -0.25) is 4.98 Å². The van der Waals surface area contributed by atoms with Crippen LogP contribution in [-0.2, 0) is 27.2 Å². The SMILES string of the molecule is COCCn1c(C)c(C)c2nccc(OC(Cc3ccccc3)C3=COCO3)c21.Cl. The molecule has 0 fully saturated rings. The molecule has 0 bridgehead atoms. The van der Waals surface area contributed by atoms with E-state index in [1.54, 1.807) is 19.6 Å². The van der Waals surface area contributed by atoms with Gasteiger partial charge in [0.15, 0.2) is 11.9 Å². The molecule has 0 saturated carbocycles. The fourth-order valence-corrected chi connectivity index (χ4v) is 3.67. The molecule has 160 valence electrons. The third-order valence-electron chi connectivity index (χ3n) is 5.32. The molecule has 0 spiro atoms. The topological polar surface area (TPSA) is 54.7 Å². The lowest BCUT2D eigenvalue weighted by Gasteiger charge is -2.20. The molecule has 0 N–H and O–H groups in total. The van der Waals surface area contributed by atoms with Crippen molar-refractivity contribution < 1.29 is 18.9 Å². The van der Waals surface area contributed by atoms with Crippen LogP contribution in [0.2, 0.25) is 0 Å². The first kappa shape index (κ1) is 22.0. The van der Waals surface area contributed by atoms with Crippen molar-refractivity contribution in [2.24, 2.45) is 0 Å². The summed E-state index contributed by atoms with van der Waals surface area (Å²) in [5.74, 6) is 1.47. The molecular formula is C23H27ClN2O4. The highest BCUT2D eigenvalue weighted by Crippen LogP contribution is 2.33. The number of fused-ring (bicyclic) bond motifs is 1. The summed E-state index contributed by atoms with van der Waals surface area (Å²) in [6, 6.07) is 12.2. The van der Waals surface area contributed by atoms with E-state index < -0.39 is 0 Å². The Balaban J connectivity index is 0.00000256. The van der Waals surface area contributed by atoms with Crippen LogP contribution in [0.4, 0.5) is 0 Å². The van der Waals surface area contributed by atoms with E-state index in [0.717, 1.165) is 28.9 Å². The Labute approximate surface area is 182 Å². The van der Waals surface area contributed by atoms with E-state index in [2.05, 4.69) is 35.5 Å². The van der Waals surface area contributed by atoms with E-state index in [0.29, 0.717) is 18.8 Å². The Morgan fingerprint density at radius 3 is 2.67 bits per heavy atom. The lowest BCUT2D eigenvalue weighted by molar-refractivity contribution is 0.0559. The summed E-state index contributed by atoms with van der Waals surface area (Å²) in [7, 11) is 1.71. The lowest BCUT2D eigenvalue weighted by Crippen LogP contribution is -2.23. The van der Waals surface area contributed by atoms with Gasteiger partial charge in [0.2, 0.25) is 6.79 Å². The fraction of sp³-hybridized carbons (Fsp3) is 0.348. The van der Waals surface area contributed by atoms with Crippen molar-refractivity contribution in [3.8, 4) is 5.75 Å². The smallest absolute Gasteiger partial charge is 0.230 e. The van der Waals surface area contributed by atoms with Crippen LogP contribution in [0.3, 0.4) is 0 Å². The van der Waals surface area contributed by atoms with Crippen LogP contribution >= 0.6 is 12.4 Å². The number of methoxy groups -OCH3 is 1. The van der Waals surface area contributed by atoms with E-state index >= 15 is 0 Å². The summed E-state index contributed by atoms with van der Waals surface area (Å²) in [5.41, 5.74) is 5.42. The summed E-state index contributed by atoms with van der Waals surface area (Å²) in [5, 5.41) is 0. The molecule has 1 unspecified atom stereocenters. The van der Waals surface area contributed by atoms with Gasteiger partial charge in [-0.1, -0.05) is 30.3 Å². The third kappa shape index (κ3) is 4.40. The van der Waals surface area contributed by atoms with Crippen molar-refractivity contribution in [1.29, 1.82) is 0 Å². The predicted molar refractivity (Wildman–Crippen MR) is 118 cm³/mol. The van der Waals surface area contributed by atoms with Gasteiger partial charge in [-0.2, -0.15) is 0 Å². The van der Waals surface area contributed by atoms with Crippen LogP contribution < -0.4 is 4.74 Å². The number of hydrogen-bond donors (Lipinski definition) is 0. The number of nitrogens with zero attached hydrogens (tertiary/aromatic N) is 2. The minimum absolute atomic E-state index is 0. The zero-order valence-electron chi connectivity index (χ0n) is 17.5. The van der Waals surface area contributed by atoms with E-state index in [1.165, 1.54) is 11.3 Å². The molecule has 1 aliphatic rings. The lowest BCUT2D eigenvalue weighted by atomic mass is 10.1. The van der Waals surface area contributed by atoms with Crippen molar-refractivity contribution in [1.82, 2.24) is 9.55 Å². The zero-order valence-corrected chi connectivity index (χ0v) is 18.3. The molecule has 0 saturated heterocycles. The fourth-order valence-electron chi connectivity index (χ4n) is 3.67. The van der Waals surface area contributed by atoms with Gasteiger partial charge in [0, 0.05) is 38.0 Å². The van der Waals surface area contributed by atoms with Crippen LogP contribution in [0.1, 0.15) is 16.8 Å². The summed E-state index contributed by atoms with van der Waals surface area (Å²) >= 11 is 0. The average molecular weight is 431 g/mol. The van der Waals surface area contributed by atoms with Crippen LogP contribution in [0.25, 0.3) is 11.0 Å². The highest BCUT2D eigenvalue weighted by molar-refractivity contribution is 5.86. The molecule has 3 heterocycles. The molecule has 1 aromatic carbocycles. The van der Waals surface area contributed by atoms with E-state index in [1.807, 2.05) is 24.3 Å². The molecule has 6 nitrogen and oxygen atoms in total. The molecule has 0 radical (unpaired) electrons. The van der Waals surface area contributed by atoms with E-state index in [4.69, 9.17) is 18.9 Å². The van der Waals surface area contributed by atoms with Crippen molar-refractivity contribution in [2.45, 2.75) is 32.9 Å². The normalized spacial score (nSPS) is 13.9. The van der Waals surface area contributed by atoms with E-state index in [9.17, 15) is 0 Å². The summed E-state index contributed by atoms with van der Waals surface area (Å²) in [6.07, 6.45) is 3.82. The van der Waals surface area contributed by atoms with Crippen LogP contribution in [0.15, 0.2) is 54.6 Å². The van der Waals surface area contributed by atoms with Crippen molar-refractivity contribution >= 4 is 23.4 Å². The number of aromatic nitrogens is 2. The Hall–Kier alpha value is -2.70. The van der Waals surface area contributed by atoms with Gasteiger partial charge in [-0.25, -0.2) is 0 Å². The number of halogens is 1. The Morgan fingerprint density at radius 1 is 1.17 bits per heavy atom. The monoisotopic (exact) mass is 430 g/mol. The van der Waals surface area contributed by atoms with Crippen molar-refractivity contribution in [2.75, 3.05) is 20.5 Å². The molecule has 0 amide bonds. The van der Waals surface area contributed by atoms with Gasteiger partial charge in [0.25, 0.3) is 0 Å².